The average molecular weight is 671 g/mol. The molecule has 0 saturated heterocycles. The van der Waals surface area contributed by atoms with Gasteiger partial charge in [0.25, 0.3) is 0 Å². The molecule has 6 fully saturated rings. The van der Waals surface area contributed by atoms with E-state index in [2.05, 4.69) is 40.7 Å². The maximum absolute atomic E-state index is 2.84. The minimum absolute atomic E-state index is 0.551. The van der Waals surface area contributed by atoms with Crippen molar-refractivity contribution in [1.29, 1.82) is 0 Å². The van der Waals surface area contributed by atoms with E-state index in [-0.39, 0.29) is 0 Å². The highest BCUT2D eigenvalue weighted by atomic mass is 14.6. The van der Waals surface area contributed by atoms with Crippen LogP contribution in [0.15, 0.2) is 11.6 Å². The second-order valence-corrected chi connectivity index (χ2v) is 21.4. The Morgan fingerprint density at radius 2 is 1.35 bits per heavy atom. The zero-order chi connectivity index (χ0) is 33.7. The van der Waals surface area contributed by atoms with Gasteiger partial charge in [-0.05, 0) is 222 Å². The summed E-state index contributed by atoms with van der Waals surface area (Å²) in [4.78, 5) is 0. The van der Waals surface area contributed by atoms with Crippen LogP contribution < -0.4 is 0 Å². The lowest BCUT2D eigenvalue weighted by Crippen LogP contribution is -2.51. The van der Waals surface area contributed by atoms with Crippen molar-refractivity contribution in [2.75, 3.05) is 0 Å². The van der Waals surface area contributed by atoms with E-state index in [0.29, 0.717) is 5.41 Å². The first kappa shape index (κ1) is 35.8. The highest BCUT2D eigenvalue weighted by Crippen LogP contribution is 2.63. The maximum atomic E-state index is 2.84. The van der Waals surface area contributed by atoms with Gasteiger partial charge in [-0.25, -0.2) is 0 Å². The minimum Gasteiger partial charge on any atom is -0.0788 e. The molecular formula is C49H82. The van der Waals surface area contributed by atoms with Crippen molar-refractivity contribution in [3.63, 3.8) is 0 Å². The number of unbranched alkanes of at least 4 members (excludes halogenated alkanes) is 1. The molecule has 0 heterocycles. The summed E-state index contributed by atoms with van der Waals surface area (Å²) >= 11 is 0. The molecule has 0 aromatic carbocycles. The molecule has 15 atom stereocenters. The summed E-state index contributed by atoms with van der Waals surface area (Å²) in [6.45, 7) is 13.0. The highest BCUT2D eigenvalue weighted by Gasteiger charge is 2.54. The Hall–Kier alpha value is -0.260. The summed E-state index contributed by atoms with van der Waals surface area (Å²) in [7, 11) is 0. The molecule has 0 N–H and O–H groups in total. The topological polar surface area (TPSA) is 0 Å². The fourth-order valence-electron chi connectivity index (χ4n) is 17.1. The quantitative estimate of drug-likeness (QED) is 0.214. The average Bonchev–Trinajstić information content (AvgIpc) is 3.71. The van der Waals surface area contributed by atoms with E-state index in [9.17, 15) is 0 Å². The van der Waals surface area contributed by atoms with Crippen molar-refractivity contribution in [3.8, 4) is 0 Å². The third kappa shape index (κ3) is 6.85. The number of rotatable bonds is 9. The standard InChI is InChI=1S/C49H82/c1-6-8-11-41-33(4)42(25-22-35(41)10-7-2)36-18-20-37(21-19-36)43-26-23-38-16-14-32(3)47-39(24-27-45(43)48(38)47)30-34-15-17-40-31-49(5,29-28-34)46-13-9-12-44(40)46/h31-39,41-48H,6-30H2,1-5H3. The molecule has 49 heavy (non-hydrogen) atoms. The monoisotopic (exact) mass is 671 g/mol. The van der Waals surface area contributed by atoms with Crippen LogP contribution in [0.25, 0.3) is 0 Å². The van der Waals surface area contributed by atoms with Crippen LogP contribution in [-0.4, -0.2) is 0 Å². The first-order valence-corrected chi connectivity index (χ1v) is 23.6. The van der Waals surface area contributed by atoms with Crippen LogP contribution in [-0.2, 0) is 0 Å². The van der Waals surface area contributed by atoms with E-state index >= 15 is 0 Å². The van der Waals surface area contributed by atoms with Crippen molar-refractivity contribution in [1.82, 2.24) is 0 Å². The van der Waals surface area contributed by atoms with Gasteiger partial charge in [-0.1, -0.05) is 84.8 Å². The molecule has 8 rings (SSSR count). The molecule has 0 heteroatoms. The number of allylic oxidation sites excluding steroid dienone is 2. The van der Waals surface area contributed by atoms with Crippen LogP contribution in [0.2, 0.25) is 0 Å². The first-order chi connectivity index (χ1) is 23.9. The predicted molar refractivity (Wildman–Crippen MR) is 210 cm³/mol. The lowest BCUT2D eigenvalue weighted by atomic mass is 9.46. The van der Waals surface area contributed by atoms with E-state index in [1.807, 2.05) is 5.57 Å². The van der Waals surface area contributed by atoms with Gasteiger partial charge in [0, 0.05) is 0 Å². The van der Waals surface area contributed by atoms with Crippen LogP contribution >= 0.6 is 0 Å². The summed E-state index contributed by atoms with van der Waals surface area (Å²) in [5.41, 5.74) is 2.49. The van der Waals surface area contributed by atoms with Gasteiger partial charge < -0.3 is 0 Å². The molecule has 0 aliphatic heterocycles. The van der Waals surface area contributed by atoms with Crippen molar-refractivity contribution in [2.24, 2.45) is 100 Å². The fourth-order valence-corrected chi connectivity index (χ4v) is 17.1. The molecule has 15 unspecified atom stereocenters. The fraction of sp³-hybridized carbons (Fsp3) is 0.959. The molecule has 278 valence electrons. The van der Waals surface area contributed by atoms with E-state index in [1.54, 1.807) is 89.9 Å². The largest absolute Gasteiger partial charge is 0.0788 e. The van der Waals surface area contributed by atoms with E-state index in [0.717, 1.165) is 94.7 Å². The molecule has 0 aromatic rings. The zero-order valence-electron chi connectivity index (χ0n) is 33.5. The molecule has 8 aliphatic carbocycles. The zero-order valence-corrected chi connectivity index (χ0v) is 33.5. The molecule has 0 aromatic heterocycles. The number of fused-ring (bicyclic) bond motifs is 4. The molecular weight excluding hydrogens is 589 g/mol. The lowest BCUT2D eigenvalue weighted by molar-refractivity contribution is -0.0978. The SMILES string of the molecule is CCCCC1C(CCC)CCC(C2CCC(C3CCC4CCC(C)C5C(CC6CCC7=CC(C)(CC6)C6CCCC76)CCC3C45)CC2)C1C. The van der Waals surface area contributed by atoms with Gasteiger partial charge in [0.2, 0.25) is 0 Å². The van der Waals surface area contributed by atoms with Crippen LogP contribution in [0, 0.1) is 100 Å². The van der Waals surface area contributed by atoms with Crippen LogP contribution in [0.5, 0.6) is 0 Å². The van der Waals surface area contributed by atoms with Gasteiger partial charge in [-0.15, -0.1) is 0 Å². The molecule has 0 amide bonds. The smallest absolute Gasteiger partial charge is 0.0110 e. The van der Waals surface area contributed by atoms with Gasteiger partial charge in [0.05, 0.1) is 0 Å². The Bertz CT molecular complexity index is 1110. The van der Waals surface area contributed by atoms with Gasteiger partial charge >= 0.3 is 0 Å². The van der Waals surface area contributed by atoms with Crippen molar-refractivity contribution in [2.45, 2.75) is 195 Å². The Kier molecular flexibility index (Phi) is 11.1. The van der Waals surface area contributed by atoms with Gasteiger partial charge in [0.15, 0.2) is 0 Å². The van der Waals surface area contributed by atoms with Crippen LogP contribution in [0.4, 0.5) is 0 Å². The molecule has 0 nitrogen and oxygen atoms in total. The van der Waals surface area contributed by atoms with Gasteiger partial charge in [0.1, 0.15) is 0 Å². The Balaban J connectivity index is 0.899. The molecule has 2 bridgehead atoms. The Morgan fingerprint density at radius 1 is 0.633 bits per heavy atom. The van der Waals surface area contributed by atoms with Crippen LogP contribution in [0.3, 0.4) is 0 Å². The summed E-state index contributed by atoms with van der Waals surface area (Å²) in [6, 6.07) is 0. The first-order valence-electron chi connectivity index (χ1n) is 23.6. The molecule has 0 radical (unpaired) electrons. The molecule has 6 saturated carbocycles. The molecule has 8 aliphatic rings. The molecule has 0 spiro atoms. The van der Waals surface area contributed by atoms with Crippen molar-refractivity contribution in [3.05, 3.63) is 11.6 Å². The summed E-state index contributed by atoms with van der Waals surface area (Å²) in [5.74, 6) is 16.8. The van der Waals surface area contributed by atoms with Crippen molar-refractivity contribution < 1.29 is 0 Å². The third-order valence-corrected chi connectivity index (χ3v) is 19.3. The van der Waals surface area contributed by atoms with Crippen molar-refractivity contribution >= 4 is 0 Å². The predicted octanol–water partition coefficient (Wildman–Crippen LogP) is 14.7. The van der Waals surface area contributed by atoms with Crippen LogP contribution in [0.1, 0.15) is 195 Å². The Labute approximate surface area is 306 Å². The maximum Gasteiger partial charge on any atom is -0.0110 e. The van der Waals surface area contributed by atoms with E-state index in [4.69, 9.17) is 0 Å². The summed E-state index contributed by atoms with van der Waals surface area (Å²) in [5, 5.41) is 0. The van der Waals surface area contributed by atoms with Gasteiger partial charge in [-0.2, -0.15) is 0 Å². The van der Waals surface area contributed by atoms with E-state index < -0.39 is 0 Å². The van der Waals surface area contributed by atoms with Gasteiger partial charge in [-0.3, -0.25) is 0 Å². The second-order valence-electron chi connectivity index (χ2n) is 21.4. The lowest BCUT2D eigenvalue weighted by Gasteiger charge is -2.59. The Morgan fingerprint density at radius 3 is 2.14 bits per heavy atom. The minimum atomic E-state index is 0.551. The second kappa shape index (κ2) is 15.2. The number of hydrogen-bond acceptors (Lipinski definition) is 0. The number of hydrogen-bond donors (Lipinski definition) is 0. The normalized spacial score (nSPS) is 51.3. The van der Waals surface area contributed by atoms with E-state index in [1.165, 1.54) is 70.6 Å². The third-order valence-electron chi connectivity index (χ3n) is 19.3. The summed E-state index contributed by atoms with van der Waals surface area (Å²) < 4.78 is 0. The highest BCUT2D eigenvalue weighted by molar-refractivity contribution is 5.25. The summed E-state index contributed by atoms with van der Waals surface area (Å²) in [6.07, 6.45) is 41.5.